The fourth-order valence-corrected chi connectivity index (χ4v) is 1.12. The Morgan fingerprint density at radius 3 is 2.71 bits per heavy atom. The minimum absolute atomic E-state index is 0.0639. The maximum atomic E-state index is 5.84. The molecular formula is C11H16ClNO. The predicted molar refractivity (Wildman–Crippen MR) is 59.8 cm³/mol. The summed E-state index contributed by atoms with van der Waals surface area (Å²) in [7, 11) is 0. The van der Waals surface area contributed by atoms with Crippen LogP contribution in [0.2, 0.25) is 5.02 Å². The molecule has 3 heteroatoms. The molecule has 0 bridgehead atoms. The molecule has 2 nitrogen and oxygen atoms in total. The predicted octanol–water partition coefficient (Wildman–Crippen LogP) is 2.70. The normalized spacial score (nSPS) is 12.9. The van der Waals surface area contributed by atoms with E-state index in [1.165, 1.54) is 0 Å². The van der Waals surface area contributed by atoms with E-state index in [2.05, 4.69) is 13.8 Å². The van der Waals surface area contributed by atoms with E-state index in [-0.39, 0.29) is 6.04 Å². The van der Waals surface area contributed by atoms with Crippen LogP contribution in [0.5, 0.6) is 5.75 Å². The maximum absolute atomic E-state index is 5.84. The van der Waals surface area contributed by atoms with Gasteiger partial charge < -0.3 is 10.5 Å². The summed E-state index contributed by atoms with van der Waals surface area (Å²) in [6.07, 6.45) is 0. The lowest BCUT2D eigenvalue weighted by atomic mass is 10.1. The van der Waals surface area contributed by atoms with Gasteiger partial charge in [-0.3, -0.25) is 0 Å². The van der Waals surface area contributed by atoms with Gasteiger partial charge in [-0.25, -0.2) is 0 Å². The zero-order chi connectivity index (χ0) is 10.6. The second-order valence-electron chi connectivity index (χ2n) is 3.68. The molecule has 2 N–H and O–H groups in total. The molecule has 0 aliphatic rings. The zero-order valence-electron chi connectivity index (χ0n) is 8.53. The van der Waals surface area contributed by atoms with Crippen LogP contribution in [0.25, 0.3) is 0 Å². The minimum Gasteiger partial charge on any atom is -0.492 e. The fourth-order valence-electron chi connectivity index (χ4n) is 0.942. The van der Waals surface area contributed by atoms with Crippen molar-refractivity contribution in [3.05, 3.63) is 29.3 Å². The number of ether oxygens (including phenoxy) is 1. The lowest BCUT2D eigenvalue weighted by Crippen LogP contribution is -2.32. The summed E-state index contributed by atoms with van der Waals surface area (Å²) in [5, 5.41) is 0.681. The van der Waals surface area contributed by atoms with Crippen LogP contribution < -0.4 is 10.5 Å². The van der Waals surface area contributed by atoms with Crippen molar-refractivity contribution in [1.82, 2.24) is 0 Å². The lowest BCUT2D eigenvalue weighted by Gasteiger charge is -2.16. The van der Waals surface area contributed by atoms with Crippen molar-refractivity contribution >= 4 is 11.6 Å². The van der Waals surface area contributed by atoms with Gasteiger partial charge in [0, 0.05) is 11.1 Å². The number of nitrogens with two attached hydrogens (primary N) is 1. The van der Waals surface area contributed by atoms with Crippen LogP contribution in [-0.2, 0) is 0 Å². The van der Waals surface area contributed by atoms with Crippen molar-refractivity contribution in [2.24, 2.45) is 11.7 Å². The summed E-state index contributed by atoms with van der Waals surface area (Å²) in [5.41, 5.74) is 5.84. The third-order valence-electron chi connectivity index (χ3n) is 2.09. The highest BCUT2D eigenvalue weighted by Gasteiger charge is 2.07. The Morgan fingerprint density at radius 2 is 2.14 bits per heavy atom. The van der Waals surface area contributed by atoms with Crippen LogP contribution in [-0.4, -0.2) is 12.6 Å². The Hall–Kier alpha value is -0.730. The Labute approximate surface area is 90.0 Å². The first-order valence-corrected chi connectivity index (χ1v) is 5.11. The topological polar surface area (TPSA) is 35.2 Å². The van der Waals surface area contributed by atoms with Crippen molar-refractivity contribution in [2.75, 3.05) is 6.61 Å². The van der Waals surface area contributed by atoms with E-state index >= 15 is 0 Å². The number of halogens is 1. The van der Waals surface area contributed by atoms with Crippen LogP contribution >= 0.6 is 11.6 Å². The van der Waals surface area contributed by atoms with E-state index in [9.17, 15) is 0 Å². The standard InChI is InChI=1S/C11H16ClNO/c1-8(2)11(13)7-14-10-5-3-4-9(12)6-10/h3-6,8,11H,7,13H2,1-2H3/t11-/m0/s1. The molecule has 0 fully saturated rings. The van der Waals surface area contributed by atoms with Crippen molar-refractivity contribution < 1.29 is 4.74 Å². The molecule has 0 aliphatic heterocycles. The van der Waals surface area contributed by atoms with Gasteiger partial charge in [0.05, 0.1) is 0 Å². The molecule has 0 aromatic heterocycles. The van der Waals surface area contributed by atoms with Crippen LogP contribution in [0.1, 0.15) is 13.8 Å². The highest BCUT2D eigenvalue weighted by molar-refractivity contribution is 6.30. The summed E-state index contributed by atoms with van der Waals surface area (Å²) >= 11 is 5.81. The first-order valence-electron chi connectivity index (χ1n) is 4.73. The summed E-state index contributed by atoms with van der Waals surface area (Å²) in [6.45, 7) is 4.68. The summed E-state index contributed by atoms with van der Waals surface area (Å²) in [6, 6.07) is 7.40. The van der Waals surface area contributed by atoms with Gasteiger partial charge >= 0.3 is 0 Å². The molecule has 0 unspecified atom stereocenters. The Kier molecular flexibility index (Phi) is 4.23. The van der Waals surface area contributed by atoms with Crippen LogP contribution in [0, 0.1) is 5.92 Å². The number of hydrogen-bond donors (Lipinski definition) is 1. The summed E-state index contributed by atoms with van der Waals surface area (Å²) in [4.78, 5) is 0. The van der Waals surface area contributed by atoms with E-state index in [0.717, 1.165) is 5.75 Å². The molecule has 0 radical (unpaired) electrons. The van der Waals surface area contributed by atoms with Crippen molar-refractivity contribution in [2.45, 2.75) is 19.9 Å². The summed E-state index contributed by atoms with van der Waals surface area (Å²) < 4.78 is 5.50. The van der Waals surface area contributed by atoms with Gasteiger partial charge in [0.1, 0.15) is 12.4 Å². The van der Waals surface area contributed by atoms with Gasteiger partial charge in [0.2, 0.25) is 0 Å². The van der Waals surface area contributed by atoms with E-state index in [4.69, 9.17) is 22.1 Å². The molecule has 0 aliphatic carbocycles. The highest BCUT2D eigenvalue weighted by atomic mass is 35.5. The van der Waals surface area contributed by atoms with Crippen LogP contribution in [0.15, 0.2) is 24.3 Å². The number of rotatable bonds is 4. The molecule has 0 spiro atoms. The molecule has 1 atom stereocenters. The van der Waals surface area contributed by atoms with Crippen LogP contribution in [0.4, 0.5) is 0 Å². The van der Waals surface area contributed by atoms with Gasteiger partial charge in [-0.1, -0.05) is 31.5 Å². The molecule has 78 valence electrons. The summed E-state index contributed by atoms with van der Waals surface area (Å²) in [5.74, 6) is 1.20. The highest BCUT2D eigenvalue weighted by Crippen LogP contribution is 2.17. The van der Waals surface area contributed by atoms with Gasteiger partial charge in [-0.05, 0) is 24.1 Å². The van der Waals surface area contributed by atoms with E-state index in [1.54, 1.807) is 6.07 Å². The quantitative estimate of drug-likeness (QED) is 0.835. The zero-order valence-corrected chi connectivity index (χ0v) is 9.29. The average molecular weight is 214 g/mol. The van der Waals surface area contributed by atoms with Crippen molar-refractivity contribution in [3.63, 3.8) is 0 Å². The average Bonchev–Trinajstić information content (AvgIpc) is 2.14. The molecule has 1 aromatic carbocycles. The second-order valence-corrected chi connectivity index (χ2v) is 4.11. The Bertz CT molecular complexity index is 288. The third-order valence-corrected chi connectivity index (χ3v) is 2.33. The van der Waals surface area contributed by atoms with Crippen molar-refractivity contribution in [1.29, 1.82) is 0 Å². The van der Waals surface area contributed by atoms with E-state index < -0.39 is 0 Å². The molecule has 0 heterocycles. The monoisotopic (exact) mass is 213 g/mol. The van der Waals surface area contributed by atoms with Crippen LogP contribution in [0.3, 0.4) is 0 Å². The molecule has 0 saturated heterocycles. The molecule has 14 heavy (non-hydrogen) atoms. The first kappa shape index (κ1) is 11.3. The maximum Gasteiger partial charge on any atom is 0.120 e. The first-order chi connectivity index (χ1) is 6.59. The fraction of sp³-hybridized carbons (Fsp3) is 0.455. The number of hydrogen-bond acceptors (Lipinski definition) is 2. The molecular weight excluding hydrogens is 198 g/mol. The van der Waals surface area contributed by atoms with Gasteiger partial charge in [0.25, 0.3) is 0 Å². The lowest BCUT2D eigenvalue weighted by molar-refractivity contribution is 0.259. The number of benzene rings is 1. The van der Waals surface area contributed by atoms with Gasteiger partial charge in [-0.15, -0.1) is 0 Å². The molecule has 1 rings (SSSR count). The largest absolute Gasteiger partial charge is 0.492 e. The van der Waals surface area contributed by atoms with Crippen molar-refractivity contribution in [3.8, 4) is 5.75 Å². The molecule has 0 amide bonds. The van der Waals surface area contributed by atoms with E-state index in [1.807, 2.05) is 18.2 Å². The molecule has 0 saturated carbocycles. The second kappa shape index (κ2) is 5.23. The Balaban J connectivity index is 2.45. The van der Waals surface area contributed by atoms with Gasteiger partial charge in [0.15, 0.2) is 0 Å². The SMILES string of the molecule is CC(C)[C@@H](N)COc1cccc(Cl)c1. The molecule has 1 aromatic rings. The smallest absolute Gasteiger partial charge is 0.120 e. The Morgan fingerprint density at radius 1 is 1.43 bits per heavy atom. The van der Waals surface area contributed by atoms with E-state index in [0.29, 0.717) is 17.5 Å². The van der Waals surface area contributed by atoms with Gasteiger partial charge in [-0.2, -0.15) is 0 Å². The minimum atomic E-state index is 0.0639. The third kappa shape index (κ3) is 3.56.